The van der Waals surface area contributed by atoms with Crippen molar-refractivity contribution < 1.29 is 55.9 Å². The predicted molar refractivity (Wildman–Crippen MR) is 167 cm³/mol. The average Bonchev–Trinajstić information content (AvgIpc) is 3.44. The first-order chi connectivity index (χ1) is 24.0. The molecule has 3 aromatic carbocycles. The SMILES string of the molecule is COc1ccc(C2C3=CCC4C(=O)N(c5ccc([N+](=O)[O-])cc5)C(=O)C4C3CC3(Cl)C(=O)N(c4c(F)c(F)c(F)c(F)c4F)C(=O)C23Cl)c(O)c1. The van der Waals surface area contributed by atoms with E-state index in [9.17, 15) is 47.6 Å². The molecule has 0 radical (unpaired) electrons. The van der Waals surface area contributed by atoms with Crippen molar-refractivity contribution in [3.63, 3.8) is 0 Å². The van der Waals surface area contributed by atoms with Gasteiger partial charge in [0.15, 0.2) is 33.0 Å². The molecule has 0 aromatic heterocycles. The standard InChI is InChI=1S/C33H20Cl2F5N3O8/c1-51-14-6-7-16(19(44)10-14)21-15-8-9-17-20(29(46)41(28(17)45)12-2-4-13(5-3-12)43(49)50)18(15)11-32(34)30(47)42(31(48)33(21,32)35)27-25(39)23(37)22(36)24(38)26(27)40/h2-8,10,17-18,20-21,44H,9,11H2,1H3. The summed E-state index contributed by atoms with van der Waals surface area (Å²) in [6.07, 6.45) is 0.565. The maximum absolute atomic E-state index is 15.2. The van der Waals surface area contributed by atoms with E-state index in [1.165, 1.54) is 37.5 Å². The number of ether oxygens (including phenoxy) is 1. The van der Waals surface area contributed by atoms with Gasteiger partial charge in [-0.3, -0.25) is 34.2 Å². The van der Waals surface area contributed by atoms with Crippen molar-refractivity contribution in [1.29, 1.82) is 0 Å². The number of rotatable bonds is 5. The zero-order valence-electron chi connectivity index (χ0n) is 25.6. The van der Waals surface area contributed by atoms with E-state index in [-0.39, 0.29) is 39.6 Å². The monoisotopic (exact) mass is 751 g/mol. The Morgan fingerprint density at radius 3 is 2.04 bits per heavy atom. The Morgan fingerprint density at radius 2 is 1.47 bits per heavy atom. The van der Waals surface area contributed by atoms with Crippen molar-refractivity contribution in [3.8, 4) is 11.5 Å². The molecule has 2 saturated heterocycles. The van der Waals surface area contributed by atoms with E-state index in [4.69, 9.17) is 27.9 Å². The maximum atomic E-state index is 15.2. The molecule has 0 bridgehead atoms. The van der Waals surface area contributed by atoms with Gasteiger partial charge < -0.3 is 9.84 Å². The third kappa shape index (κ3) is 4.41. The second-order valence-corrected chi connectivity index (χ2v) is 13.6. The van der Waals surface area contributed by atoms with E-state index in [1.54, 1.807) is 0 Å². The molecule has 7 rings (SSSR count). The van der Waals surface area contributed by atoms with Crippen LogP contribution in [-0.2, 0) is 19.2 Å². The van der Waals surface area contributed by atoms with Gasteiger partial charge >= 0.3 is 0 Å². The van der Waals surface area contributed by atoms with Crippen LogP contribution in [0.25, 0.3) is 0 Å². The fourth-order valence-electron chi connectivity index (χ4n) is 7.78. The van der Waals surface area contributed by atoms with Crippen LogP contribution in [-0.4, -0.2) is 50.5 Å². The number of imide groups is 2. The molecular formula is C33H20Cl2F5N3O8. The van der Waals surface area contributed by atoms with E-state index >= 15 is 8.78 Å². The quantitative estimate of drug-likeness (QED) is 0.0505. The topological polar surface area (TPSA) is 147 Å². The molecule has 18 heteroatoms. The highest BCUT2D eigenvalue weighted by molar-refractivity contribution is 6.58. The Labute approximate surface area is 292 Å². The van der Waals surface area contributed by atoms with Crippen molar-refractivity contribution in [3.05, 3.63) is 98.9 Å². The molecule has 3 aromatic rings. The lowest BCUT2D eigenvalue weighted by molar-refractivity contribution is -0.384. The van der Waals surface area contributed by atoms with Gasteiger partial charge in [0.2, 0.25) is 17.6 Å². The summed E-state index contributed by atoms with van der Waals surface area (Å²) >= 11 is 14.1. The summed E-state index contributed by atoms with van der Waals surface area (Å²) in [5, 5.41) is 22.4. The highest BCUT2D eigenvalue weighted by Gasteiger charge is 2.77. The van der Waals surface area contributed by atoms with Crippen molar-refractivity contribution >= 4 is 63.9 Å². The molecule has 4 amide bonds. The van der Waals surface area contributed by atoms with Crippen LogP contribution < -0.4 is 14.5 Å². The molecule has 2 aliphatic heterocycles. The summed E-state index contributed by atoms with van der Waals surface area (Å²) in [7, 11) is 1.28. The lowest BCUT2D eigenvalue weighted by Gasteiger charge is -2.50. The number of phenols is 1. The number of alkyl halides is 2. The molecule has 3 fully saturated rings. The van der Waals surface area contributed by atoms with Crippen molar-refractivity contribution in [2.24, 2.45) is 17.8 Å². The van der Waals surface area contributed by atoms with Crippen LogP contribution in [0.2, 0.25) is 0 Å². The molecular weight excluding hydrogens is 732 g/mol. The van der Waals surface area contributed by atoms with Crippen molar-refractivity contribution in [2.75, 3.05) is 16.9 Å². The number of anilines is 2. The van der Waals surface area contributed by atoms with Gasteiger partial charge in [-0.05, 0) is 37.0 Å². The van der Waals surface area contributed by atoms with Gasteiger partial charge in [0.25, 0.3) is 17.5 Å². The molecule has 51 heavy (non-hydrogen) atoms. The molecule has 6 atom stereocenters. The van der Waals surface area contributed by atoms with Crippen LogP contribution in [0.3, 0.4) is 0 Å². The molecule has 1 saturated carbocycles. The lowest BCUT2D eigenvalue weighted by Crippen LogP contribution is -2.60. The summed E-state index contributed by atoms with van der Waals surface area (Å²) < 4.78 is 78.3. The number of non-ortho nitro benzene ring substituents is 1. The number of hydrogen-bond acceptors (Lipinski definition) is 8. The van der Waals surface area contributed by atoms with Crippen LogP contribution in [0.5, 0.6) is 11.5 Å². The number of hydrogen-bond donors (Lipinski definition) is 1. The number of allylic oxidation sites excluding steroid dienone is 2. The normalized spacial score (nSPS) is 28.4. The smallest absolute Gasteiger partial charge is 0.269 e. The summed E-state index contributed by atoms with van der Waals surface area (Å²) in [5.74, 6) is -23.2. The zero-order valence-corrected chi connectivity index (χ0v) is 27.1. The van der Waals surface area contributed by atoms with E-state index in [2.05, 4.69) is 0 Å². The number of halogens is 7. The first-order valence-electron chi connectivity index (χ1n) is 15.0. The Morgan fingerprint density at radius 1 is 0.863 bits per heavy atom. The molecule has 6 unspecified atom stereocenters. The molecule has 2 aliphatic carbocycles. The van der Waals surface area contributed by atoms with Crippen molar-refractivity contribution in [2.45, 2.75) is 28.5 Å². The first kappa shape index (κ1) is 34.4. The molecule has 1 N–H and O–H groups in total. The maximum Gasteiger partial charge on any atom is 0.269 e. The lowest BCUT2D eigenvalue weighted by atomic mass is 9.56. The van der Waals surface area contributed by atoms with Crippen LogP contribution >= 0.6 is 23.2 Å². The molecule has 4 aliphatic rings. The third-order valence-corrected chi connectivity index (χ3v) is 11.5. The Balaban J connectivity index is 1.42. The number of nitrogens with zero attached hydrogens (tertiary/aromatic N) is 3. The average molecular weight is 752 g/mol. The van der Waals surface area contributed by atoms with Gasteiger partial charge in [-0.2, -0.15) is 0 Å². The van der Waals surface area contributed by atoms with Gasteiger partial charge in [-0.25, -0.2) is 26.9 Å². The summed E-state index contributed by atoms with van der Waals surface area (Å²) in [4.78, 5) is 61.8. The van der Waals surface area contributed by atoms with Gasteiger partial charge in [0.05, 0.1) is 29.6 Å². The highest BCUT2D eigenvalue weighted by atomic mass is 35.5. The number of phenolic OH excluding ortho intramolecular Hbond substituents is 1. The number of benzene rings is 3. The number of carbonyl (C=O) groups excluding carboxylic acids is 4. The summed E-state index contributed by atoms with van der Waals surface area (Å²) in [5.41, 5.74) is -2.33. The number of carbonyl (C=O) groups is 4. The number of nitro groups is 1. The first-order valence-corrected chi connectivity index (χ1v) is 15.7. The second-order valence-electron chi connectivity index (χ2n) is 12.4. The van der Waals surface area contributed by atoms with Crippen molar-refractivity contribution in [1.82, 2.24) is 0 Å². The molecule has 2 heterocycles. The highest BCUT2D eigenvalue weighted by Crippen LogP contribution is 2.67. The number of nitro benzene ring substituents is 1. The van der Waals surface area contributed by atoms with Gasteiger partial charge in [0, 0.05) is 29.7 Å². The fraction of sp³-hybridized carbons (Fsp3) is 0.273. The van der Waals surface area contributed by atoms with E-state index in [1.807, 2.05) is 0 Å². The van der Waals surface area contributed by atoms with Gasteiger partial charge in [-0.1, -0.05) is 17.7 Å². The van der Waals surface area contributed by atoms with E-state index in [0.29, 0.717) is 0 Å². The minimum absolute atomic E-state index is 0.0106. The summed E-state index contributed by atoms with van der Waals surface area (Å²) in [6, 6.07) is 8.24. The van der Waals surface area contributed by atoms with Crippen LogP contribution in [0, 0.1) is 57.0 Å². The molecule has 264 valence electrons. The number of amides is 4. The summed E-state index contributed by atoms with van der Waals surface area (Å²) in [6.45, 7) is 0. The van der Waals surface area contributed by atoms with Crippen LogP contribution in [0.1, 0.15) is 24.3 Å². The minimum atomic E-state index is -2.82. The minimum Gasteiger partial charge on any atom is -0.508 e. The third-order valence-electron chi connectivity index (χ3n) is 10.1. The molecule has 0 spiro atoms. The van der Waals surface area contributed by atoms with Gasteiger partial charge in [-0.15, -0.1) is 23.2 Å². The second kappa shape index (κ2) is 11.5. The largest absolute Gasteiger partial charge is 0.508 e. The molecule has 11 nitrogen and oxygen atoms in total. The number of methoxy groups -OCH3 is 1. The zero-order chi connectivity index (χ0) is 37.1. The number of fused-ring (bicyclic) bond motifs is 4. The van der Waals surface area contributed by atoms with E-state index < -0.39 is 109 Å². The predicted octanol–water partition coefficient (Wildman–Crippen LogP) is 5.77. The van der Waals surface area contributed by atoms with E-state index in [0.717, 1.165) is 23.1 Å². The number of aromatic hydroxyl groups is 1. The Bertz CT molecular complexity index is 2140. The fourth-order valence-corrected chi connectivity index (χ4v) is 8.71. The van der Waals surface area contributed by atoms with Gasteiger partial charge in [0.1, 0.15) is 17.2 Å². The van der Waals surface area contributed by atoms with Crippen LogP contribution in [0.4, 0.5) is 39.0 Å². The Kier molecular flexibility index (Phi) is 7.72. The Hall–Kier alpha value is -5.09. The van der Waals surface area contributed by atoms with Crippen LogP contribution in [0.15, 0.2) is 54.1 Å².